The summed E-state index contributed by atoms with van der Waals surface area (Å²) in [5.74, 6) is -0.325. The van der Waals surface area contributed by atoms with Crippen LogP contribution in [0.5, 0.6) is 0 Å². The predicted octanol–water partition coefficient (Wildman–Crippen LogP) is 3.55. The molecule has 2 heterocycles. The first kappa shape index (κ1) is 18.5. The Bertz CT molecular complexity index is 1210. The molecule has 0 radical (unpaired) electrons. The van der Waals surface area contributed by atoms with E-state index < -0.39 is 9.84 Å². The number of thiazole rings is 1. The second-order valence-corrected chi connectivity index (χ2v) is 12.3. The lowest BCUT2D eigenvalue weighted by molar-refractivity contribution is -0.0806. The van der Waals surface area contributed by atoms with Gasteiger partial charge in [0, 0.05) is 22.2 Å². The first-order valence-electron chi connectivity index (χ1n) is 8.68. The highest BCUT2D eigenvalue weighted by atomic mass is 35.5. The number of hydrogen-bond acceptors (Lipinski definition) is 7. The van der Waals surface area contributed by atoms with E-state index in [0.717, 1.165) is 52.3 Å². The summed E-state index contributed by atoms with van der Waals surface area (Å²) in [6, 6.07) is 7.31. The molecule has 10 heteroatoms. The summed E-state index contributed by atoms with van der Waals surface area (Å²) >= 11 is 8.79. The lowest BCUT2D eigenvalue weighted by Crippen LogP contribution is -2.76. The SMILES string of the molecule is CS(=O)(=O)Cc1cc(C(=O)NC23CC(c4nc5ccc(Cl)cc5s4)(C2)C3)sn1. The molecule has 1 amide bonds. The Balaban J connectivity index is 1.26. The van der Waals surface area contributed by atoms with Crippen molar-refractivity contribution >= 4 is 60.4 Å². The van der Waals surface area contributed by atoms with Gasteiger partial charge < -0.3 is 5.32 Å². The molecule has 0 spiro atoms. The Morgan fingerprint density at radius 2 is 2.04 bits per heavy atom. The predicted molar refractivity (Wildman–Crippen MR) is 111 cm³/mol. The molecule has 146 valence electrons. The molecule has 3 aliphatic carbocycles. The van der Waals surface area contributed by atoms with Crippen molar-refractivity contribution in [2.75, 3.05) is 6.26 Å². The van der Waals surface area contributed by atoms with Crippen LogP contribution < -0.4 is 5.32 Å². The van der Waals surface area contributed by atoms with E-state index in [1.807, 2.05) is 18.2 Å². The molecule has 28 heavy (non-hydrogen) atoms. The average Bonchev–Trinajstić information content (AvgIpc) is 3.13. The van der Waals surface area contributed by atoms with Gasteiger partial charge in [-0.25, -0.2) is 13.4 Å². The van der Waals surface area contributed by atoms with Gasteiger partial charge in [-0.15, -0.1) is 11.3 Å². The monoisotopic (exact) mass is 453 g/mol. The molecule has 3 saturated carbocycles. The number of amides is 1. The molecular formula is C18H16ClN3O3S3. The van der Waals surface area contributed by atoms with Crippen molar-refractivity contribution in [1.29, 1.82) is 0 Å². The third-order valence-corrected chi connectivity index (χ3v) is 8.55. The van der Waals surface area contributed by atoms with Crippen LogP contribution in [-0.2, 0) is 21.0 Å². The second-order valence-electron chi connectivity index (χ2n) is 7.93. The molecule has 1 N–H and O–H groups in total. The number of halogens is 1. The van der Waals surface area contributed by atoms with Gasteiger partial charge in [0.25, 0.3) is 5.91 Å². The number of carbonyl (C=O) groups is 1. The van der Waals surface area contributed by atoms with E-state index in [-0.39, 0.29) is 22.6 Å². The number of nitrogens with zero attached hydrogens (tertiary/aromatic N) is 2. The summed E-state index contributed by atoms with van der Waals surface area (Å²) in [5.41, 5.74) is 1.28. The summed E-state index contributed by atoms with van der Waals surface area (Å²) in [5, 5.41) is 4.96. The molecule has 0 unspecified atom stereocenters. The normalized spacial score (nSPS) is 25.9. The summed E-state index contributed by atoms with van der Waals surface area (Å²) in [6.45, 7) is 0. The first-order chi connectivity index (χ1) is 13.2. The first-order valence-corrected chi connectivity index (χ1v) is 12.7. The summed E-state index contributed by atoms with van der Waals surface area (Å²) in [4.78, 5) is 17.8. The second kappa shape index (κ2) is 5.98. The van der Waals surface area contributed by atoms with Crippen molar-refractivity contribution in [3.8, 4) is 0 Å². The van der Waals surface area contributed by atoms with E-state index in [1.165, 1.54) is 0 Å². The minimum absolute atomic E-state index is 0.0680. The van der Waals surface area contributed by atoms with E-state index in [2.05, 4.69) is 9.69 Å². The fourth-order valence-corrected chi connectivity index (χ4v) is 7.18. The van der Waals surface area contributed by atoms with Crippen LogP contribution in [0.15, 0.2) is 24.3 Å². The van der Waals surface area contributed by atoms with Crippen LogP contribution in [0.2, 0.25) is 5.02 Å². The summed E-state index contributed by atoms with van der Waals surface area (Å²) < 4.78 is 27.9. The van der Waals surface area contributed by atoms with Gasteiger partial charge >= 0.3 is 0 Å². The molecule has 6 nitrogen and oxygen atoms in total. The van der Waals surface area contributed by atoms with E-state index in [1.54, 1.807) is 17.4 Å². The van der Waals surface area contributed by atoms with Gasteiger partial charge in [-0.2, -0.15) is 4.37 Å². The number of carbonyl (C=O) groups excluding carboxylic acids is 1. The molecule has 0 saturated heterocycles. The third kappa shape index (κ3) is 3.04. The van der Waals surface area contributed by atoms with Crippen molar-refractivity contribution in [1.82, 2.24) is 14.7 Å². The molecule has 2 aromatic heterocycles. The molecule has 3 fully saturated rings. The quantitative estimate of drug-likeness (QED) is 0.638. The van der Waals surface area contributed by atoms with Gasteiger partial charge in [-0.05, 0) is 55.1 Å². The Hall–Kier alpha value is -1.55. The highest BCUT2D eigenvalue weighted by Crippen LogP contribution is 2.68. The largest absolute Gasteiger partial charge is 0.346 e. The molecule has 3 aromatic rings. The molecule has 6 rings (SSSR count). The number of hydrogen-bond donors (Lipinski definition) is 1. The van der Waals surface area contributed by atoms with Crippen LogP contribution in [0.25, 0.3) is 10.2 Å². The zero-order valence-corrected chi connectivity index (χ0v) is 18.1. The van der Waals surface area contributed by atoms with Crippen LogP contribution in [0, 0.1) is 0 Å². The van der Waals surface area contributed by atoms with E-state index in [4.69, 9.17) is 16.6 Å². The highest BCUT2D eigenvalue weighted by Gasteiger charge is 2.70. The zero-order valence-electron chi connectivity index (χ0n) is 14.9. The van der Waals surface area contributed by atoms with Crippen LogP contribution in [0.1, 0.15) is 39.6 Å². The minimum Gasteiger partial charge on any atom is -0.346 e. The highest BCUT2D eigenvalue weighted by molar-refractivity contribution is 7.89. The molecule has 2 bridgehead atoms. The summed E-state index contributed by atoms with van der Waals surface area (Å²) in [6.07, 6.45) is 3.81. The fraction of sp³-hybridized carbons (Fsp3) is 0.389. The number of rotatable bonds is 5. The standard InChI is InChI=1S/C18H16ClN3O3S3/c1-28(24,25)6-11-5-14(27-22-11)15(23)21-18-7-17(8-18,9-18)16-20-12-3-2-10(19)4-13(12)26-16/h2-5H,6-9H2,1H3,(H,21,23). The number of aromatic nitrogens is 2. The fourth-order valence-electron chi connectivity index (χ4n) is 4.33. The van der Waals surface area contributed by atoms with E-state index >= 15 is 0 Å². The van der Waals surface area contributed by atoms with Gasteiger partial charge in [-0.3, -0.25) is 4.79 Å². The van der Waals surface area contributed by atoms with Gasteiger partial charge in [0.1, 0.15) is 9.88 Å². The Labute approximate surface area is 175 Å². The lowest BCUT2D eigenvalue weighted by atomic mass is 9.39. The maximum absolute atomic E-state index is 12.6. The Kier molecular flexibility index (Phi) is 3.94. The molecule has 0 aliphatic heterocycles. The van der Waals surface area contributed by atoms with Crippen molar-refractivity contribution in [2.45, 2.75) is 36.0 Å². The van der Waals surface area contributed by atoms with Crippen molar-refractivity contribution in [2.24, 2.45) is 0 Å². The number of fused-ring (bicyclic) bond motifs is 1. The van der Waals surface area contributed by atoms with Crippen LogP contribution in [-0.4, -0.2) is 35.5 Å². The van der Waals surface area contributed by atoms with Gasteiger partial charge in [0.05, 0.1) is 21.7 Å². The van der Waals surface area contributed by atoms with Crippen molar-refractivity contribution in [3.63, 3.8) is 0 Å². The maximum atomic E-state index is 12.6. The van der Waals surface area contributed by atoms with Crippen molar-refractivity contribution in [3.05, 3.63) is 44.9 Å². The van der Waals surface area contributed by atoms with Gasteiger partial charge in [-0.1, -0.05) is 11.6 Å². The van der Waals surface area contributed by atoms with Crippen LogP contribution in [0.4, 0.5) is 0 Å². The van der Waals surface area contributed by atoms with Gasteiger partial charge in [0.2, 0.25) is 0 Å². The van der Waals surface area contributed by atoms with E-state index in [0.29, 0.717) is 15.6 Å². The smallest absolute Gasteiger partial charge is 0.263 e. The number of nitrogens with one attached hydrogen (secondary N) is 1. The van der Waals surface area contributed by atoms with E-state index in [9.17, 15) is 13.2 Å². The number of sulfone groups is 1. The molecule has 1 aromatic carbocycles. The average molecular weight is 454 g/mol. The zero-order chi connectivity index (χ0) is 19.7. The van der Waals surface area contributed by atoms with Crippen LogP contribution >= 0.6 is 34.5 Å². The topological polar surface area (TPSA) is 89.0 Å². The maximum Gasteiger partial charge on any atom is 0.263 e. The van der Waals surface area contributed by atoms with Crippen LogP contribution in [0.3, 0.4) is 0 Å². The Morgan fingerprint density at radius 3 is 2.75 bits per heavy atom. The minimum atomic E-state index is -3.16. The molecule has 0 atom stereocenters. The van der Waals surface area contributed by atoms with Crippen molar-refractivity contribution < 1.29 is 13.2 Å². The Morgan fingerprint density at radius 1 is 1.29 bits per heavy atom. The molecule has 3 aliphatic rings. The van der Waals surface area contributed by atoms with Gasteiger partial charge in [0.15, 0.2) is 9.84 Å². The summed E-state index contributed by atoms with van der Waals surface area (Å²) in [7, 11) is -3.16. The number of benzene rings is 1. The molecular weight excluding hydrogens is 438 g/mol. The third-order valence-electron chi connectivity index (χ3n) is 5.41. The lowest BCUT2D eigenvalue weighted by Gasteiger charge is -2.69.